The lowest BCUT2D eigenvalue weighted by Crippen LogP contribution is -2.42. The van der Waals surface area contributed by atoms with E-state index in [0.29, 0.717) is 19.6 Å². The fraction of sp³-hybridized carbons (Fsp3) is 0.963. The number of hydrogen-bond acceptors (Lipinski definition) is 6. The van der Waals surface area contributed by atoms with E-state index in [1.165, 1.54) is 38.5 Å². The average molecular weight is 483 g/mol. The molecule has 3 unspecified atom stereocenters. The molecule has 4 rings (SSSR count). The van der Waals surface area contributed by atoms with E-state index in [1.54, 1.807) is 0 Å². The smallest absolute Gasteiger partial charge is 0.303 e. The van der Waals surface area contributed by atoms with E-state index in [0.717, 1.165) is 57.3 Å². The summed E-state index contributed by atoms with van der Waals surface area (Å²) in [5.74, 6) is -0.631. The van der Waals surface area contributed by atoms with Crippen molar-refractivity contribution >= 4 is 5.97 Å². The van der Waals surface area contributed by atoms with E-state index in [9.17, 15) is 15.0 Å². The van der Waals surface area contributed by atoms with Crippen LogP contribution >= 0.6 is 0 Å². The predicted molar refractivity (Wildman–Crippen MR) is 127 cm³/mol. The first-order valence-corrected chi connectivity index (χ1v) is 14.0. The summed E-state index contributed by atoms with van der Waals surface area (Å²) in [5.41, 5.74) is 0. The van der Waals surface area contributed by atoms with Crippen LogP contribution in [0.4, 0.5) is 0 Å². The van der Waals surface area contributed by atoms with Gasteiger partial charge in [-0.15, -0.1) is 0 Å². The Hall–Kier alpha value is -0.730. The fourth-order valence-corrected chi connectivity index (χ4v) is 6.70. The van der Waals surface area contributed by atoms with Crippen molar-refractivity contribution in [3.8, 4) is 0 Å². The molecule has 0 aromatic rings. The molecule has 2 saturated heterocycles. The predicted octanol–water partition coefficient (Wildman–Crippen LogP) is 5.03. The van der Waals surface area contributed by atoms with Gasteiger partial charge in [0.15, 0.2) is 12.6 Å². The number of carboxylic acids is 1. The second-order valence-electron chi connectivity index (χ2n) is 11.0. The second-order valence-corrected chi connectivity index (χ2v) is 11.0. The average Bonchev–Trinajstić information content (AvgIpc) is 3.14. The SMILES string of the molecule is O=C(O)C[C@H]1[C@H](C(CCCC2CCCCC2)OC2CCCCO2)[C@@H](OC2CCCCO2)C[C@H]1O. The van der Waals surface area contributed by atoms with E-state index in [4.69, 9.17) is 18.9 Å². The largest absolute Gasteiger partial charge is 0.481 e. The highest BCUT2D eigenvalue weighted by molar-refractivity contribution is 5.67. The lowest BCUT2D eigenvalue weighted by molar-refractivity contribution is -0.232. The monoisotopic (exact) mass is 482 g/mol. The van der Waals surface area contributed by atoms with Crippen LogP contribution in [-0.2, 0) is 23.7 Å². The molecule has 2 heterocycles. The van der Waals surface area contributed by atoms with Gasteiger partial charge in [0, 0.05) is 31.5 Å². The lowest BCUT2D eigenvalue weighted by atomic mass is 9.81. The molecule has 0 aromatic carbocycles. The van der Waals surface area contributed by atoms with Gasteiger partial charge in [-0.3, -0.25) is 4.79 Å². The molecule has 196 valence electrons. The molecule has 2 aliphatic carbocycles. The number of rotatable bonds is 11. The molecule has 4 fully saturated rings. The van der Waals surface area contributed by atoms with Crippen molar-refractivity contribution in [2.75, 3.05) is 13.2 Å². The van der Waals surface area contributed by atoms with Gasteiger partial charge in [-0.2, -0.15) is 0 Å². The molecule has 7 atom stereocenters. The van der Waals surface area contributed by atoms with Crippen LogP contribution < -0.4 is 0 Å². The van der Waals surface area contributed by atoms with Gasteiger partial charge >= 0.3 is 5.97 Å². The highest BCUT2D eigenvalue weighted by atomic mass is 16.7. The number of carboxylic acid groups (broad SMARTS) is 1. The number of aliphatic hydroxyl groups is 1. The highest BCUT2D eigenvalue weighted by Gasteiger charge is 2.49. The summed E-state index contributed by atoms with van der Waals surface area (Å²) in [4.78, 5) is 11.7. The lowest BCUT2D eigenvalue weighted by Gasteiger charge is -2.37. The quantitative estimate of drug-likeness (QED) is 0.426. The van der Waals surface area contributed by atoms with Crippen molar-refractivity contribution in [2.45, 2.75) is 134 Å². The third-order valence-corrected chi connectivity index (χ3v) is 8.49. The summed E-state index contributed by atoms with van der Waals surface area (Å²) < 4.78 is 24.8. The molecule has 2 N–H and O–H groups in total. The minimum atomic E-state index is -0.876. The highest BCUT2D eigenvalue weighted by Crippen LogP contribution is 2.43. The first-order chi connectivity index (χ1) is 16.6. The minimum Gasteiger partial charge on any atom is -0.481 e. The van der Waals surface area contributed by atoms with Crippen LogP contribution in [0.5, 0.6) is 0 Å². The van der Waals surface area contributed by atoms with Gasteiger partial charge in [0.2, 0.25) is 0 Å². The number of carbonyl (C=O) groups is 1. The Balaban J connectivity index is 1.47. The zero-order valence-electron chi connectivity index (χ0n) is 20.8. The molecule has 4 aliphatic rings. The topological polar surface area (TPSA) is 94.5 Å². The third-order valence-electron chi connectivity index (χ3n) is 8.49. The van der Waals surface area contributed by atoms with E-state index in [2.05, 4.69) is 0 Å². The third kappa shape index (κ3) is 7.63. The van der Waals surface area contributed by atoms with Gasteiger partial charge in [-0.05, 0) is 50.9 Å². The Labute approximate surface area is 204 Å². The van der Waals surface area contributed by atoms with Gasteiger partial charge in [-0.1, -0.05) is 44.9 Å². The molecule has 0 radical (unpaired) electrons. The van der Waals surface area contributed by atoms with Crippen LogP contribution in [0.25, 0.3) is 0 Å². The second kappa shape index (κ2) is 13.5. The van der Waals surface area contributed by atoms with Crippen molar-refractivity contribution in [3.05, 3.63) is 0 Å². The Morgan fingerprint density at radius 2 is 1.59 bits per heavy atom. The van der Waals surface area contributed by atoms with Crippen LogP contribution in [-0.4, -0.2) is 60.3 Å². The molecule has 7 nitrogen and oxygen atoms in total. The van der Waals surface area contributed by atoms with E-state index >= 15 is 0 Å². The van der Waals surface area contributed by atoms with Crippen LogP contribution in [0.2, 0.25) is 0 Å². The van der Waals surface area contributed by atoms with Crippen molar-refractivity contribution in [1.82, 2.24) is 0 Å². The van der Waals surface area contributed by atoms with Gasteiger partial charge in [0.1, 0.15) is 0 Å². The molecule has 34 heavy (non-hydrogen) atoms. The van der Waals surface area contributed by atoms with Crippen molar-refractivity contribution in [2.24, 2.45) is 17.8 Å². The van der Waals surface area contributed by atoms with E-state index in [1.807, 2.05) is 0 Å². The maximum absolute atomic E-state index is 11.7. The molecule has 0 spiro atoms. The number of hydrogen-bond donors (Lipinski definition) is 2. The Morgan fingerprint density at radius 1 is 0.912 bits per heavy atom. The van der Waals surface area contributed by atoms with Crippen molar-refractivity contribution in [1.29, 1.82) is 0 Å². The van der Waals surface area contributed by atoms with Gasteiger partial charge in [0.25, 0.3) is 0 Å². The molecule has 0 amide bonds. The molecule has 2 saturated carbocycles. The summed E-state index contributed by atoms with van der Waals surface area (Å²) in [6, 6.07) is 0. The molecule has 0 bridgehead atoms. The van der Waals surface area contributed by atoms with Crippen molar-refractivity contribution in [3.63, 3.8) is 0 Å². The summed E-state index contributed by atoms with van der Waals surface area (Å²) in [7, 11) is 0. The zero-order valence-corrected chi connectivity index (χ0v) is 20.8. The molecular formula is C27H46O7. The molecular weight excluding hydrogens is 436 g/mol. The van der Waals surface area contributed by atoms with E-state index in [-0.39, 0.29) is 43.0 Å². The Morgan fingerprint density at radius 3 is 2.24 bits per heavy atom. The van der Waals surface area contributed by atoms with Crippen LogP contribution in [0, 0.1) is 17.8 Å². The summed E-state index contributed by atoms with van der Waals surface area (Å²) in [6.45, 7) is 1.40. The van der Waals surface area contributed by atoms with E-state index < -0.39 is 12.1 Å². The maximum atomic E-state index is 11.7. The normalized spacial score (nSPS) is 36.4. The zero-order chi connectivity index (χ0) is 23.8. The summed E-state index contributed by atoms with van der Waals surface area (Å²) in [6.07, 6.45) is 14.5. The van der Waals surface area contributed by atoms with Crippen LogP contribution in [0.3, 0.4) is 0 Å². The minimum absolute atomic E-state index is 0.0643. The van der Waals surface area contributed by atoms with Gasteiger partial charge < -0.3 is 29.2 Å². The Kier molecular flexibility index (Phi) is 10.5. The fourth-order valence-electron chi connectivity index (χ4n) is 6.70. The van der Waals surface area contributed by atoms with Gasteiger partial charge in [0.05, 0.1) is 24.7 Å². The molecule has 7 heteroatoms. The Bertz CT molecular complexity index is 596. The standard InChI is InChI=1S/C27H46O7/c28-21-18-23(34-26-14-5-7-16-32-26)27(20(21)17-24(29)30)22(33-25-13-4-6-15-31-25)12-8-11-19-9-2-1-3-10-19/h19-23,25-28H,1-18H2,(H,29,30)/t20-,21-,22?,23+,25?,26?,27-/m1/s1. The molecule has 2 aliphatic heterocycles. The summed E-state index contributed by atoms with van der Waals surface area (Å²) >= 11 is 0. The van der Waals surface area contributed by atoms with Crippen LogP contribution in [0.15, 0.2) is 0 Å². The van der Waals surface area contributed by atoms with Gasteiger partial charge in [-0.25, -0.2) is 0 Å². The maximum Gasteiger partial charge on any atom is 0.303 e. The number of ether oxygens (including phenoxy) is 4. The van der Waals surface area contributed by atoms with Crippen LogP contribution in [0.1, 0.15) is 103 Å². The first kappa shape index (κ1) is 26.3. The number of aliphatic hydroxyl groups excluding tert-OH is 1. The summed E-state index contributed by atoms with van der Waals surface area (Å²) in [5, 5.41) is 20.5. The van der Waals surface area contributed by atoms with Crippen molar-refractivity contribution < 1.29 is 34.0 Å². The number of aliphatic carboxylic acids is 1. The first-order valence-electron chi connectivity index (χ1n) is 14.0. The molecule has 0 aromatic heterocycles.